The number of aromatic nitrogens is 1. The summed E-state index contributed by atoms with van der Waals surface area (Å²) in [5.41, 5.74) is 0.0342. The largest absolute Gasteiger partial charge is 0.379 e. The first-order valence-corrected chi connectivity index (χ1v) is 5.95. The summed E-state index contributed by atoms with van der Waals surface area (Å²) in [5, 5.41) is 2.70. The molecule has 0 spiro atoms. The molecule has 0 aromatic carbocycles. The Bertz CT molecular complexity index is 408. The topological polar surface area (TPSA) is 54.5 Å². The number of hydrogen-bond donors (Lipinski definition) is 1. The lowest BCUT2D eigenvalue weighted by atomic mass is 10.2. The molecule has 0 atom stereocenters. The second-order valence-corrected chi connectivity index (χ2v) is 4.07. The van der Waals surface area contributed by atoms with E-state index in [0.717, 1.165) is 39.0 Å². The summed E-state index contributed by atoms with van der Waals surface area (Å²) in [6, 6.07) is 1.37. The number of carbonyl (C=O) groups excluding carboxylic acids is 1. The molecular weight excluding hydrogens is 237 g/mol. The molecule has 2 rings (SSSR count). The number of nitrogens with one attached hydrogen (secondary N) is 1. The molecule has 0 saturated carbocycles. The van der Waals surface area contributed by atoms with Crippen LogP contribution in [0.25, 0.3) is 0 Å². The van der Waals surface area contributed by atoms with Gasteiger partial charge in [-0.05, 0) is 6.07 Å². The van der Waals surface area contributed by atoms with Gasteiger partial charge in [0.2, 0.25) is 0 Å². The van der Waals surface area contributed by atoms with E-state index in [1.165, 1.54) is 12.3 Å². The van der Waals surface area contributed by atoms with Crippen molar-refractivity contribution in [3.8, 4) is 0 Å². The van der Waals surface area contributed by atoms with Crippen molar-refractivity contribution < 1.29 is 13.9 Å². The van der Waals surface area contributed by atoms with Crippen molar-refractivity contribution in [2.75, 3.05) is 39.4 Å². The van der Waals surface area contributed by atoms with Crippen molar-refractivity contribution in [1.29, 1.82) is 0 Å². The van der Waals surface area contributed by atoms with E-state index in [2.05, 4.69) is 15.2 Å². The van der Waals surface area contributed by atoms with Crippen LogP contribution in [-0.2, 0) is 4.74 Å². The Morgan fingerprint density at radius 1 is 1.50 bits per heavy atom. The monoisotopic (exact) mass is 253 g/mol. The van der Waals surface area contributed by atoms with Gasteiger partial charge < -0.3 is 10.1 Å². The van der Waals surface area contributed by atoms with Crippen LogP contribution in [0.4, 0.5) is 4.39 Å². The van der Waals surface area contributed by atoms with E-state index in [1.807, 2.05) is 0 Å². The number of ether oxygens (including phenoxy) is 1. The van der Waals surface area contributed by atoms with Gasteiger partial charge in [-0.25, -0.2) is 4.39 Å². The van der Waals surface area contributed by atoms with Gasteiger partial charge in [-0.15, -0.1) is 0 Å². The fourth-order valence-corrected chi connectivity index (χ4v) is 1.81. The second-order valence-electron chi connectivity index (χ2n) is 4.07. The highest BCUT2D eigenvalue weighted by Crippen LogP contribution is 2.03. The molecular formula is C12H16FN3O2. The Balaban J connectivity index is 1.76. The number of amides is 1. The lowest BCUT2D eigenvalue weighted by Crippen LogP contribution is -2.41. The number of hydrogen-bond acceptors (Lipinski definition) is 4. The van der Waals surface area contributed by atoms with Crippen molar-refractivity contribution in [2.24, 2.45) is 0 Å². The van der Waals surface area contributed by atoms with Gasteiger partial charge in [-0.2, -0.15) is 0 Å². The van der Waals surface area contributed by atoms with Gasteiger partial charge >= 0.3 is 0 Å². The molecule has 1 aromatic rings. The number of nitrogens with zero attached hydrogens (tertiary/aromatic N) is 2. The van der Waals surface area contributed by atoms with Crippen molar-refractivity contribution in [3.63, 3.8) is 0 Å². The molecule has 98 valence electrons. The molecule has 1 aromatic heterocycles. The van der Waals surface area contributed by atoms with E-state index < -0.39 is 11.7 Å². The maximum atomic E-state index is 13.3. The lowest BCUT2D eigenvalue weighted by Gasteiger charge is -2.26. The number of halogens is 1. The van der Waals surface area contributed by atoms with Crippen LogP contribution >= 0.6 is 0 Å². The normalized spacial score (nSPS) is 16.5. The molecule has 18 heavy (non-hydrogen) atoms. The van der Waals surface area contributed by atoms with E-state index in [9.17, 15) is 9.18 Å². The van der Waals surface area contributed by atoms with Crippen molar-refractivity contribution >= 4 is 5.91 Å². The zero-order valence-electron chi connectivity index (χ0n) is 10.1. The van der Waals surface area contributed by atoms with Crippen LogP contribution in [0.15, 0.2) is 18.5 Å². The highest BCUT2D eigenvalue weighted by molar-refractivity contribution is 5.94. The molecule has 0 bridgehead atoms. The number of pyridine rings is 1. The van der Waals surface area contributed by atoms with Gasteiger partial charge in [0.05, 0.1) is 25.0 Å². The van der Waals surface area contributed by atoms with E-state index in [4.69, 9.17) is 4.74 Å². The molecule has 0 radical (unpaired) electrons. The van der Waals surface area contributed by atoms with E-state index >= 15 is 0 Å². The van der Waals surface area contributed by atoms with Crippen molar-refractivity contribution in [1.82, 2.24) is 15.2 Å². The summed E-state index contributed by atoms with van der Waals surface area (Å²) in [7, 11) is 0. The highest BCUT2D eigenvalue weighted by Gasteiger charge is 2.12. The summed E-state index contributed by atoms with van der Waals surface area (Å²) in [6.45, 7) is 4.46. The third-order valence-electron chi connectivity index (χ3n) is 2.83. The highest BCUT2D eigenvalue weighted by atomic mass is 19.1. The minimum Gasteiger partial charge on any atom is -0.379 e. The SMILES string of the molecule is O=C(NCCN1CCOCC1)c1ccncc1F. The smallest absolute Gasteiger partial charge is 0.254 e. The van der Waals surface area contributed by atoms with Crippen LogP contribution in [0.3, 0.4) is 0 Å². The Morgan fingerprint density at radius 2 is 2.28 bits per heavy atom. The first-order chi connectivity index (χ1) is 8.77. The molecule has 1 amide bonds. The summed E-state index contributed by atoms with van der Waals surface area (Å²) < 4.78 is 18.5. The third kappa shape index (κ3) is 3.48. The maximum absolute atomic E-state index is 13.3. The summed E-state index contributed by atoms with van der Waals surface area (Å²) in [4.78, 5) is 17.5. The van der Waals surface area contributed by atoms with Crippen LogP contribution in [0.5, 0.6) is 0 Å². The fourth-order valence-electron chi connectivity index (χ4n) is 1.81. The number of carbonyl (C=O) groups is 1. The molecule has 1 aliphatic rings. The third-order valence-corrected chi connectivity index (χ3v) is 2.83. The summed E-state index contributed by atoms with van der Waals surface area (Å²) in [6.07, 6.45) is 2.44. The van der Waals surface area contributed by atoms with Crippen LogP contribution < -0.4 is 5.32 Å². The van der Waals surface area contributed by atoms with Gasteiger partial charge in [0.1, 0.15) is 0 Å². The Kier molecular flexibility index (Phi) is 4.60. The van der Waals surface area contributed by atoms with Gasteiger partial charge in [0.15, 0.2) is 5.82 Å². The van der Waals surface area contributed by atoms with Crippen molar-refractivity contribution in [3.05, 3.63) is 29.8 Å². The standard InChI is InChI=1S/C12H16FN3O2/c13-11-9-14-2-1-10(11)12(17)15-3-4-16-5-7-18-8-6-16/h1-2,9H,3-8H2,(H,15,17). The van der Waals surface area contributed by atoms with Gasteiger partial charge in [0.25, 0.3) is 5.91 Å². The molecule has 0 aliphatic carbocycles. The zero-order chi connectivity index (χ0) is 12.8. The molecule has 5 nitrogen and oxygen atoms in total. The van der Waals surface area contributed by atoms with E-state index in [0.29, 0.717) is 6.54 Å². The number of morpholine rings is 1. The average Bonchev–Trinajstić information content (AvgIpc) is 2.40. The Labute approximate surface area is 105 Å². The minimum absolute atomic E-state index is 0.0342. The van der Waals surface area contributed by atoms with Gasteiger partial charge in [-0.1, -0.05) is 0 Å². The predicted molar refractivity (Wildman–Crippen MR) is 63.8 cm³/mol. The quantitative estimate of drug-likeness (QED) is 0.837. The molecule has 0 unspecified atom stereocenters. The molecule has 1 N–H and O–H groups in total. The molecule has 1 saturated heterocycles. The van der Waals surface area contributed by atoms with Crippen molar-refractivity contribution in [2.45, 2.75) is 0 Å². The summed E-state index contributed by atoms with van der Waals surface area (Å²) >= 11 is 0. The average molecular weight is 253 g/mol. The Morgan fingerprint density at radius 3 is 3.00 bits per heavy atom. The van der Waals surface area contributed by atoms with Crippen LogP contribution in [0.2, 0.25) is 0 Å². The second kappa shape index (κ2) is 6.42. The summed E-state index contributed by atoms with van der Waals surface area (Å²) in [5.74, 6) is -0.996. The molecule has 1 fully saturated rings. The first-order valence-electron chi connectivity index (χ1n) is 5.95. The lowest BCUT2D eigenvalue weighted by molar-refractivity contribution is 0.0383. The van der Waals surface area contributed by atoms with Crippen LogP contribution in [0.1, 0.15) is 10.4 Å². The predicted octanol–water partition coefficient (Wildman–Crippen LogP) is 0.283. The zero-order valence-corrected chi connectivity index (χ0v) is 10.1. The minimum atomic E-state index is -0.596. The maximum Gasteiger partial charge on any atom is 0.254 e. The molecule has 1 aliphatic heterocycles. The fraction of sp³-hybridized carbons (Fsp3) is 0.500. The van der Waals surface area contributed by atoms with E-state index in [-0.39, 0.29) is 5.56 Å². The first kappa shape index (κ1) is 12.9. The van der Waals surface area contributed by atoms with Gasteiger partial charge in [-0.3, -0.25) is 14.7 Å². The Hall–Kier alpha value is -1.53. The van der Waals surface area contributed by atoms with Gasteiger partial charge in [0, 0.05) is 32.4 Å². The molecule has 2 heterocycles. The molecule has 6 heteroatoms. The van der Waals surface area contributed by atoms with E-state index in [1.54, 1.807) is 0 Å². The number of rotatable bonds is 4. The van der Waals surface area contributed by atoms with Crippen LogP contribution in [0, 0.1) is 5.82 Å². The van der Waals surface area contributed by atoms with Crippen LogP contribution in [-0.4, -0.2) is 55.2 Å².